The SMILES string of the molecule is Cc1cccc2cccc(N3CCc4c(nc(OC[C@@H]5CCCN5C)nc4N4CCC(N(C)C(C)C(c5ccccc5)(c5ccccc5)c5ccccc5)CC4)C3)c12. The third-order valence-corrected chi connectivity index (χ3v) is 13.8. The van der Waals surface area contributed by atoms with E-state index in [-0.39, 0.29) is 11.5 Å². The normalized spacial score (nSPS) is 18.5. The maximum Gasteiger partial charge on any atom is 0.318 e. The molecule has 9 rings (SSSR count). The lowest BCUT2D eigenvalue weighted by atomic mass is 9.64. The fourth-order valence-electron chi connectivity index (χ4n) is 10.5. The quantitative estimate of drug-likeness (QED) is 0.122. The van der Waals surface area contributed by atoms with Gasteiger partial charge in [-0.3, -0.25) is 4.90 Å². The molecular weight excluding hydrogens is 713 g/mol. The third kappa shape index (κ3) is 7.13. The van der Waals surface area contributed by atoms with Crippen molar-refractivity contribution in [3.05, 3.63) is 161 Å². The van der Waals surface area contributed by atoms with Gasteiger partial charge in [0.15, 0.2) is 0 Å². The highest BCUT2D eigenvalue weighted by molar-refractivity contribution is 5.97. The highest BCUT2D eigenvalue weighted by Gasteiger charge is 2.45. The zero-order valence-electron chi connectivity index (χ0n) is 34.7. The summed E-state index contributed by atoms with van der Waals surface area (Å²) in [6.45, 7) is 9.97. The minimum Gasteiger partial charge on any atom is -0.462 e. The number of piperidine rings is 1. The summed E-state index contributed by atoms with van der Waals surface area (Å²) in [6.07, 6.45) is 5.38. The Labute approximate surface area is 345 Å². The molecule has 1 unspecified atom stereocenters. The Balaban J connectivity index is 1.00. The van der Waals surface area contributed by atoms with Crippen LogP contribution in [0.25, 0.3) is 10.8 Å². The number of aryl methyl sites for hydroxylation is 1. The van der Waals surface area contributed by atoms with Crippen molar-refractivity contribution in [2.45, 2.75) is 76.0 Å². The van der Waals surface area contributed by atoms with Crippen LogP contribution in [0.1, 0.15) is 66.1 Å². The lowest BCUT2D eigenvalue weighted by Crippen LogP contribution is -2.55. The summed E-state index contributed by atoms with van der Waals surface area (Å²) in [5.74, 6) is 1.08. The number of benzene rings is 5. The Morgan fingerprint density at radius 2 is 1.34 bits per heavy atom. The molecule has 2 fully saturated rings. The zero-order chi connectivity index (χ0) is 39.6. The van der Waals surface area contributed by atoms with E-state index < -0.39 is 0 Å². The molecule has 4 heterocycles. The van der Waals surface area contributed by atoms with Crippen LogP contribution >= 0.6 is 0 Å². The number of nitrogens with zero attached hydrogens (tertiary/aromatic N) is 6. The Kier molecular flexibility index (Phi) is 10.9. The van der Waals surface area contributed by atoms with Gasteiger partial charge in [0.2, 0.25) is 0 Å². The molecule has 3 aliphatic heterocycles. The van der Waals surface area contributed by atoms with Crippen molar-refractivity contribution in [2.75, 3.05) is 56.7 Å². The van der Waals surface area contributed by atoms with Crippen molar-refractivity contribution in [2.24, 2.45) is 0 Å². The van der Waals surface area contributed by atoms with Crippen LogP contribution in [0.5, 0.6) is 6.01 Å². The summed E-state index contributed by atoms with van der Waals surface area (Å²) in [4.78, 5) is 20.6. The molecule has 5 aromatic carbocycles. The van der Waals surface area contributed by atoms with Crippen LogP contribution in [-0.4, -0.2) is 84.8 Å². The average Bonchev–Trinajstić information content (AvgIpc) is 3.70. The first kappa shape index (κ1) is 38.3. The third-order valence-electron chi connectivity index (χ3n) is 13.8. The number of rotatable bonds is 11. The first-order valence-corrected chi connectivity index (χ1v) is 21.5. The summed E-state index contributed by atoms with van der Waals surface area (Å²) >= 11 is 0. The molecular formula is C51H58N6O. The Hall–Kier alpha value is -5.24. The second-order valence-corrected chi connectivity index (χ2v) is 16.9. The van der Waals surface area contributed by atoms with E-state index in [2.05, 4.69) is 175 Å². The fourth-order valence-corrected chi connectivity index (χ4v) is 10.5. The van der Waals surface area contributed by atoms with Gasteiger partial charge >= 0.3 is 6.01 Å². The van der Waals surface area contributed by atoms with E-state index in [1.165, 1.54) is 50.7 Å². The van der Waals surface area contributed by atoms with Crippen molar-refractivity contribution in [3.8, 4) is 6.01 Å². The number of hydrogen-bond acceptors (Lipinski definition) is 7. The van der Waals surface area contributed by atoms with E-state index in [9.17, 15) is 0 Å². The van der Waals surface area contributed by atoms with Gasteiger partial charge in [-0.25, -0.2) is 0 Å². The molecule has 0 N–H and O–H groups in total. The van der Waals surface area contributed by atoms with Gasteiger partial charge in [0.05, 0.1) is 17.7 Å². The number of likely N-dealkylation sites (N-methyl/N-ethyl adjacent to an activating group) is 2. The fraction of sp³-hybridized carbons (Fsp3) is 0.373. The van der Waals surface area contributed by atoms with Gasteiger partial charge < -0.3 is 19.4 Å². The molecule has 58 heavy (non-hydrogen) atoms. The van der Waals surface area contributed by atoms with Crippen LogP contribution in [0.2, 0.25) is 0 Å². The van der Waals surface area contributed by atoms with Crippen LogP contribution in [0.3, 0.4) is 0 Å². The molecule has 0 amide bonds. The number of likely N-dealkylation sites (tertiary alicyclic amines) is 1. The minimum atomic E-state index is -0.352. The molecule has 0 bridgehead atoms. The minimum absolute atomic E-state index is 0.181. The van der Waals surface area contributed by atoms with Gasteiger partial charge in [-0.1, -0.05) is 121 Å². The van der Waals surface area contributed by atoms with E-state index in [4.69, 9.17) is 14.7 Å². The predicted octanol–water partition coefficient (Wildman–Crippen LogP) is 9.30. The Morgan fingerprint density at radius 1 is 0.724 bits per heavy atom. The van der Waals surface area contributed by atoms with Gasteiger partial charge in [0, 0.05) is 54.4 Å². The van der Waals surface area contributed by atoms with E-state index >= 15 is 0 Å². The summed E-state index contributed by atoms with van der Waals surface area (Å²) in [6, 6.07) is 48.3. The molecule has 2 atom stereocenters. The molecule has 0 aliphatic carbocycles. The highest BCUT2D eigenvalue weighted by Crippen LogP contribution is 2.45. The van der Waals surface area contributed by atoms with Crippen molar-refractivity contribution in [1.82, 2.24) is 19.8 Å². The van der Waals surface area contributed by atoms with Gasteiger partial charge in [0.25, 0.3) is 0 Å². The molecule has 1 aromatic heterocycles. The van der Waals surface area contributed by atoms with Crippen LogP contribution < -0.4 is 14.5 Å². The molecule has 7 nitrogen and oxygen atoms in total. The highest BCUT2D eigenvalue weighted by atomic mass is 16.5. The molecule has 7 heteroatoms. The van der Waals surface area contributed by atoms with Gasteiger partial charge in [0.1, 0.15) is 12.4 Å². The van der Waals surface area contributed by atoms with Gasteiger partial charge in [-0.15, -0.1) is 0 Å². The molecule has 3 aliphatic rings. The first-order chi connectivity index (χ1) is 28.4. The van der Waals surface area contributed by atoms with E-state index in [0.29, 0.717) is 24.7 Å². The second-order valence-electron chi connectivity index (χ2n) is 16.9. The summed E-state index contributed by atoms with van der Waals surface area (Å²) in [5.41, 5.74) is 8.59. The van der Waals surface area contributed by atoms with Gasteiger partial charge in [-0.2, -0.15) is 9.97 Å². The monoisotopic (exact) mass is 770 g/mol. The predicted molar refractivity (Wildman–Crippen MR) is 238 cm³/mol. The first-order valence-electron chi connectivity index (χ1n) is 21.5. The summed E-state index contributed by atoms with van der Waals surface area (Å²) in [7, 11) is 4.56. The molecule has 2 saturated heterocycles. The second kappa shape index (κ2) is 16.6. The average molecular weight is 771 g/mol. The van der Waals surface area contributed by atoms with Crippen LogP contribution in [-0.2, 0) is 18.4 Å². The standard InChI is InChI=1S/C51H58N6O/c1-37-17-14-18-39-19-15-27-47(48(37)39)57-34-30-45-46(35-57)52-50(58-36-44-26-16-31-54(44)3)53-49(45)56-32-28-43(29-33-56)55(4)38(2)51(40-20-8-5-9-21-40,41-22-10-6-11-23-41)42-24-12-7-13-25-42/h5-15,17-25,27,38,43-44H,16,26,28-36H2,1-4H3/t38?,44-/m0/s1. The van der Waals surface area contributed by atoms with E-state index in [1.54, 1.807) is 0 Å². The van der Waals surface area contributed by atoms with Crippen molar-refractivity contribution >= 4 is 22.3 Å². The van der Waals surface area contributed by atoms with Crippen LogP contribution in [0, 0.1) is 6.92 Å². The number of fused-ring (bicyclic) bond motifs is 2. The zero-order valence-corrected chi connectivity index (χ0v) is 34.7. The van der Waals surface area contributed by atoms with Crippen molar-refractivity contribution in [1.29, 1.82) is 0 Å². The molecule has 298 valence electrons. The topological polar surface area (TPSA) is 48.0 Å². The lowest BCUT2D eigenvalue weighted by Gasteiger charge is -2.49. The number of hydrogen-bond donors (Lipinski definition) is 0. The maximum absolute atomic E-state index is 6.53. The summed E-state index contributed by atoms with van der Waals surface area (Å²) in [5, 5.41) is 2.62. The van der Waals surface area contributed by atoms with Crippen molar-refractivity contribution in [3.63, 3.8) is 0 Å². The van der Waals surface area contributed by atoms with E-state index in [1.807, 2.05) is 0 Å². The summed E-state index contributed by atoms with van der Waals surface area (Å²) < 4.78 is 6.53. The van der Waals surface area contributed by atoms with Crippen molar-refractivity contribution < 1.29 is 4.74 Å². The van der Waals surface area contributed by atoms with Gasteiger partial charge in [-0.05, 0) is 100 Å². The van der Waals surface area contributed by atoms with Crippen LogP contribution in [0.15, 0.2) is 127 Å². The van der Waals surface area contributed by atoms with E-state index in [0.717, 1.165) is 69.9 Å². The Bertz CT molecular complexity index is 2210. The van der Waals surface area contributed by atoms with Crippen LogP contribution in [0.4, 0.5) is 11.5 Å². The molecule has 6 aromatic rings. The molecule has 0 radical (unpaired) electrons. The molecule has 0 spiro atoms. The maximum atomic E-state index is 6.53. The molecule has 0 saturated carbocycles. The largest absolute Gasteiger partial charge is 0.462 e. The number of anilines is 2. The smallest absolute Gasteiger partial charge is 0.318 e. The number of ether oxygens (including phenoxy) is 1. The Morgan fingerprint density at radius 3 is 1.95 bits per heavy atom. The number of aromatic nitrogens is 2. The lowest BCUT2D eigenvalue weighted by molar-refractivity contribution is 0.125.